The number of furan rings is 1. The van der Waals surface area contributed by atoms with Crippen LogP contribution in [0.15, 0.2) is 41.0 Å². The smallest absolute Gasteiger partial charge is 0.292 e. The Morgan fingerprint density at radius 2 is 2.14 bits per heavy atom. The summed E-state index contributed by atoms with van der Waals surface area (Å²) in [5, 5.41) is 16.6. The second-order valence-corrected chi connectivity index (χ2v) is 4.45. The van der Waals surface area contributed by atoms with Crippen molar-refractivity contribution < 1.29 is 14.1 Å². The quantitative estimate of drug-likeness (QED) is 0.651. The Morgan fingerprint density at radius 3 is 2.71 bits per heavy atom. The normalized spacial score (nSPS) is 11.7. The summed E-state index contributed by atoms with van der Waals surface area (Å²) in [6.45, 7) is 1.81. The van der Waals surface area contributed by atoms with Crippen LogP contribution in [-0.2, 0) is 0 Å². The van der Waals surface area contributed by atoms with Gasteiger partial charge in [-0.05, 0) is 31.2 Å². The molecule has 7 heteroatoms. The highest BCUT2D eigenvalue weighted by Crippen LogP contribution is 2.29. The van der Waals surface area contributed by atoms with Crippen molar-refractivity contribution in [1.29, 1.82) is 0 Å². The minimum absolute atomic E-state index is 0.0962. The van der Waals surface area contributed by atoms with Gasteiger partial charge in [0.1, 0.15) is 11.4 Å². The molecule has 0 aliphatic heterocycles. The molecule has 1 heterocycles. The van der Waals surface area contributed by atoms with Crippen molar-refractivity contribution >= 4 is 17.3 Å². The van der Waals surface area contributed by atoms with Gasteiger partial charge in [0.2, 0.25) is 0 Å². The second kappa shape index (κ2) is 6.08. The minimum atomic E-state index is -0.495. The number of nitrogens with zero attached hydrogens (tertiary/aromatic N) is 1. The zero-order chi connectivity index (χ0) is 15.4. The summed E-state index contributed by atoms with van der Waals surface area (Å²) in [5.74, 6) is 0.341. The number of anilines is 1. The minimum Gasteiger partial charge on any atom is -0.467 e. The van der Waals surface area contributed by atoms with E-state index in [4.69, 9.17) is 4.42 Å². The Kier molecular flexibility index (Phi) is 4.22. The Labute approximate surface area is 121 Å². The maximum Gasteiger partial charge on any atom is 0.292 e. The van der Waals surface area contributed by atoms with Gasteiger partial charge >= 0.3 is 0 Å². The Hall–Kier alpha value is -2.83. The van der Waals surface area contributed by atoms with Gasteiger partial charge in [-0.25, -0.2) is 0 Å². The van der Waals surface area contributed by atoms with Crippen molar-refractivity contribution in [3.63, 3.8) is 0 Å². The molecule has 1 atom stereocenters. The number of nitro groups is 1. The van der Waals surface area contributed by atoms with Crippen LogP contribution in [0.1, 0.15) is 29.1 Å². The molecule has 7 nitrogen and oxygen atoms in total. The average molecular weight is 289 g/mol. The third-order valence-electron chi connectivity index (χ3n) is 3.02. The van der Waals surface area contributed by atoms with Crippen molar-refractivity contribution in [1.82, 2.24) is 5.32 Å². The van der Waals surface area contributed by atoms with Gasteiger partial charge in [-0.15, -0.1) is 0 Å². The van der Waals surface area contributed by atoms with Gasteiger partial charge in [-0.3, -0.25) is 14.9 Å². The average Bonchev–Trinajstić information content (AvgIpc) is 3.00. The van der Waals surface area contributed by atoms with Crippen LogP contribution in [0.2, 0.25) is 0 Å². The topological polar surface area (TPSA) is 97.4 Å². The first kappa shape index (κ1) is 14.6. The molecule has 0 aliphatic rings. The summed E-state index contributed by atoms with van der Waals surface area (Å²) >= 11 is 0. The maximum atomic E-state index is 11.6. The molecule has 1 aromatic carbocycles. The van der Waals surface area contributed by atoms with Crippen LogP contribution in [0.5, 0.6) is 0 Å². The van der Waals surface area contributed by atoms with Crippen LogP contribution < -0.4 is 10.6 Å². The lowest BCUT2D eigenvalue weighted by molar-refractivity contribution is -0.384. The largest absolute Gasteiger partial charge is 0.467 e. The van der Waals surface area contributed by atoms with E-state index in [-0.39, 0.29) is 23.3 Å². The highest BCUT2D eigenvalue weighted by Gasteiger charge is 2.19. The summed E-state index contributed by atoms with van der Waals surface area (Å²) in [7, 11) is 1.50. The molecule has 2 rings (SSSR count). The number of hydrogen-bond acceptors (Lipinski definition) is 5. The van der Waals surface area contributed by atoms with E-state index in [0.29, 0.717) is 11.3 Å². The summed E-state index contributed by atoms with van der Waals surface area (Å²) in [5.41, 5.74) is 0.517. The lowest BCUT2D eigenvalue weighted by atomic mass is 10.1. The summed E-state index contributed by atoms with van der Waals surface area (Å²) in [4.78, 5) is 22.2. The first-order valence-electron chi connectivity index (χ1n) is 6.33. The molecule has 21 heavy (non-hydrogen) atoms. The molecule has 0 saturated carbocycles. The summed E-state index contributed by atoms with van der Waals surface area (Å²) in [6, 6.07) is 7.42. The monoisotopic (exact) mass is 289 g/mol. The first-order valence-corrected chi connectivity index (χ1v) is 6.33. The SMILES string of the molecule is CNC(=O)c1ccc([N+](=O)[O-])c(NC(C)c2ccco2)c1. The standard InChI is InChI=1S/C14H15N3O4/c1-9(13-4-3-7-21-13)16-11-8-10(14(18)15-2)5-6-12(11)17(19)20/h3-9,16H,1-2H3,(H,15,18). The number of nitrogens with one attached hydrogen (secondary N) is 2. The van der Waals surface area contributed by atoms with Gasteiger partial charge in [0.15, 0.2) is 0 Å². The Bertz CT molecular complexity index is 652. The van der Waals surface area contributed by atoms with E-state index in [1.54, 1.807) is 12.1 Å². The lowest BCUT2D eigenvalue weighted by Crippen LogP contribution is -2.18. The van der Waals surface area contributed by atoms with E-state index in [0.717, 1.165) is 0 Å². The molecule has 0 spiro atoms. The molecule has 1 unspecified atom stereocenters. The molecule has 0 saturated heterocycles. The van der Waals surface area contributed by atoms with E-state index in [1.165, 1.54) is 31.5 Å². The maximum absolute atomic E-state index is 11.6. The predicted octanol–water partition coefficient (Wildman–Crippen LogP) is 2.72. The van der Waals surface area contributed by atoms with Crippen molar-refractivity contribution in [2.24, 2.45) is 0 Å². The van der Waals surface area contributed by atoms with Crippen molar-refractivity contribution in [2.75, 3.05) is 12.4 Å². The van der Waals surface area contributed by atoms with Gasteiger partial charge in [0.05, 0.1) is 17.2 Å². The first-order chi connectivity index (χ1) is 10.0. The van der Waals surface area contributed by atoms with Crippen LogP contribution >= 0.6 is 0 Å². The highest BCUT2D eigenvalue weighted by molar-refractivity contribution is 5.95. The van der Waals surface area contributed by atoms with Crippen LogP contribution in [0.25, 0.3) is 0 Å². The number of carbonyl (C=O) groups excluding carboxylic acids is 1. The fourth-order valence-corrected chi connectivity index (χ4v) is 1.94. The Balaban J connectivity index is 2.34. The molecule has 2 N–H and O–H groups in total. The van der Waals surface area contributed by atoms with Crippen LogP contribution in [0, 0.1) is 10.1 Å². The number of carbonyl (C=O) groups is 1. The predicted molar refractivity (Wildman–Crippen MR) is 77.2 cm³/mol. The van der Waals surface area contributed by atoms with E-state index in [9.17, 15) is 14.9 Å². The van der Waals surface area contributed by atoms with Gasteiger partial charge in [-0.1, -0.05) is 0 Å². The zero-order valence-corrected chi connectivity index (χ0v) is 11.6. The molecule has 1 aromatic heterocycles. The van der Waals surface area contributed by atoms with E-state index < -0.39 is 4.92 Å². The third-order valence-corrected chi connectivity index (χ3v) is 3.02. The van der Waals surface area contributed by atoms with E-state index >= 15 is 0 Å². The number of rotatable bonds is 5. The van der Waals surface area contributed by atoms with Crippen molar-refractivity contribution in [2.45, 2.75) is 13.0 Å². The molecule has 0 radical (unpaired) electrons. The molecule has 1 amide bonds. The number of hydrogen-bond donors (Lipinski definition) is 2. The molecule has 0 bridgehead atoms. The summed E-state index contributed by atoms with van der Waals surface area (Å²) in [6.07, 6.45) is 1.53. The highest BCUT2D eigenvalue weighted by atomic mass is 16.6. The van der Waals surface area contributed by atoms with E-state index in [2.05, 4.69) is 10.6 Å². The number of nitro benzene ring substituents is 1. The van der Waals surface area contributed by atoms with Gasteiger partial charge < -0.3 is 15.1 Å². The van der Waals surface area contributed by atoms with Crippen LogP contribution in [0.4, 0.5) is 11.4 Å². The van der Waals surface area contributed by atoms with Gasteiger partial charge in [0.25, 0.3) is 11.6 Å². The zero-order valence-electron chi connectivity index (χ0n) is 11.6. The number of benzene rings is 1. The fourth-order valence-electron chi connectivity index (χ4n) is 1.94. The molecule has 0 aliphatic carbocycles. The van der Waals surface area contributed by atoms with Gasteiger partial charge in [-0.2, -0.15) is 0 Å². The molecule has 110 valence electrons. The second-order valence-electron chi connectivity index (χ2n) is 4.45. The van der Waals surface area contributed by atoms with E-state index in [1.807, 2.05) is 6.92 Å². The summed E-state index contributed by atoms with van der Waals surface area (Å²) < 4.78 is 5.26. The van der Waals surface area contributed by atoms with Crippen molar-refractivity contribution in [3.05, 3.63) is 58.0 Å². The molecule has 2 aromatic rings. The Morgan fingerprint density at radius 1 is 1.38 bits per heavy atom. The van der Waals surface area contributed by atoms with Gasteiger partial charge in [0, 0.05) is 18.7 Å². The molecular formula is C14H15N3O4. The van der Waals surface area contributed by atoms with Crippen LogP contribution in [-0.4, -0.2) is 17.9 Å². The van der Waals surface area contributed by atoms with Crippen LogP contribution in [0.3, 0.4) is 0 Å². The lowest BCUT2D eigenvalue weighted by Gasteiger charge is -2.14. The fraction of sp³-hybridized carbons (Fsp3) is 0.214. The molecule has 0 fully saturated rings. The molecular weight excluding hydrogens is 274 g/mol. The van der Waals surface area contributed by atoms with Crippen molar-refractivity contribution in [3.8, 4) is 0 Å². The third kappa shape index (κ3) is 3.19. The number of amides is 1.